The summed E-state index contributed by atoms with van der Waals surface area (Å²) in [4.78, 5) is 36.3. The van der Waals surface area contributed by atoms with Crippen molar-refractivity contribution in [3.8, 4) is 6.07 Å². The number of rotatable bonds is 6. The highest BCUT2D eigenvalue weighted by atomic mass is 35.5. The number of allylic oxidation sites excluding steroid dienone is 1. The number of hydrogen-bond donors (Lipinski definition) is 2. The molecule has 1 aliphatic rings. The van der Waals surface area contributed by atoms with Crippen molar-refractivity contribution in [1.29, 1.82) is 5.26 Å². The number of esters is 1. The molecular formula is C23H17ClF3N3O4S. The van der Waals surface area contributed by atoms with E-state index in [2.05, 4.69) is 21.4 Å². The first-order chi connectivity index (χ1) is 16.5. The van der Waals surface area contributed by atoms with Crippen LogP contribution in [0.5, 0.6) is 0 Å². The summed E-state index contributed by atoms with van der Waals surface area (Å²) >= 11 is 6.46. The van der Waals surface area contributed by atoms with Crippen LogP contribution in [0.15, 0.2) is 53.1 Å². The molecule has 0 unspecified atom stereocenters. The highest BCUT2D eigenvalue weighted by Crippen LogP contribution is 2.37. The molecule has 2 aromatic carbocycles. The third kappa shape index (κ3) is 6.35. The number of anilines is 1. The Hall–Kier alpha value is -3.49. The molecule has 1 heterocycles. The quantitative estimate of drug-likeness (QED) is 0.524. The van der Waals surface area contributed by atoms with E-state index in [-0.39, 0.29) is 34.4 Å². The molecule has 0 saturated heterocycles. The zero-order valence-corrected chi connectivity index (χ0v) is 19.6. The van der Waals surface area contributed by atoms with Crippen molar-refractivity contribution in [2.24, 2.45) is 0 Å². The number of carbonyl (C=O) groups excluding carboxylic acids is 3. The average Bonchev–Trinajstić information content (AvgIpc) is 2.82. The molecule has 3 rings (SSSR count). The van der Waals surface area contributed by atoms with Crippen molar-refractivity contribution < 1.29 is 32.3 Å². The lowest BCUT2D eigenvalue weighted by molar-refractivity contribution is -0.137. The summed E-state index contributed by atoms with van der Waals surface area (Å²) in [7, 11) is 1.25. The first-order valence-electron chi connectivity index (χ1n) is 9.95. The van der Waals surface area contributed by atoms with Crippen molar-refractivity contribution in [2.75, 3.05) is 18.2 Å². The van der Waals surface area contributed by atoms with Crippen molar-refractivity contribution in [3.63, 3.8) is 0 Å². The van der Waals surface area contributed by atoms with Gasteiger partial charge >= 0.3 is 12.1 Å². The predicted octanol–water partition coefficient (Wildman–Crippen LogP) is 4.86. The molecule has 0 bridgehead atoms. The van der Waals surface area contributed by atoms with Gasteiger partial charge < -0.3 is 15.4 Å². The lowest BCUT2D eigenvalue weighted by atomic mass is 9.87. The molecule has 2 N–H and O–H groups in total. The second kappa shape index (κ2) is 10.8. The number of halogens is 4. The molecule has 2 aromatic rings. The van der Waals surface area contributed by atoms with Gasteiger partial charge in [0.05, 0.1) is 45.7 Å². The molecule has 0 radical (unpaired) electrons. The Kier molecular flexibility index (Phi) is 8.09. The molecular weight excluding hydrogens is 507 g/mol. The highest BCUT2D eigenvalue weighted by molar-refractivity contribution is 8.03. The SMILES string of the molecule is COC(=O)c1ccc([C@H]2CC(=O)NC(SCC(=O)Nc3ccc(Cl)c(C(F)(F)F)c3)=C2C#N)cc1. The summed E-state index contributed by atoms with van der Waals surface area (Å²) < 4.78 is 43.7. The second-order valence-corrected chi connectivity index (χ2v) is 8.70. The number of benzene rings is 2. The van der Waals surface area contributed by atoms with E-state index in [1.165, 1.54) is 25.3 Å². The number of thioether (sulfide) groups is 1. The molecule has 2 amide bonds. The zero-order chi connectivity index (χ0) is 25.8. The minimum absolute atomic E-state index is 0.0122. The van der Waals surface area contributed by atoms with Crippen LogP contribution in [0, 0.1) is 11.3 Å². The van der Waals surface area contributed by atoms with Crippen molar-refractivity contribution >= 4 is 46.8 Å². The number of methoxy groups -OCH3 is 1. The number of amides is 2. The van der Waals surface area contributed by atoms with Crippen LogP contribution in [0.3, 0.4) is 0 Å². The maximum Gasteiger partial charge on any atom is 0.417 e. The van der Waals surface area contributed by atoms with Gasteiger partial charge in [-0.15, -0.1) is 0 Å². The van der Waals surface area contributed by atoms with Gasteiger partial charge in [0, 0.05) is 18.0 Å². The molecule has 0 aromatic heterocycles. The lowest BCUT2D eigenvalue weighted by Gasteiger charge is -2.25. The smallest absolute Gasteiger partial charge is 0.417 e. The molecule has 0 fully saturated rings. The fourth-order valence-corrected chi connectivity index (χ4v) is 4.44. The van der Waals surface area contributed by atoms with Crippen LogP contribution >= 0.6 is 23.4 Å². The molecule has 0 aliphatic carbocycles. The number of carbonyl (C=O) groups is 3. The van der Waals surface area contributed by atoms with Crippen LogP contribution < -0.4 is 10.6 Å². The van der Waals surface area contributed by atoms with E-state index in [9.17, 15) is 32.8 Å². The van der Waals surface area contributed by atoms with Gasteiger partial charge in [-0.3, -0.25) is 9.59 Å². The summed E-state index contributed by atoms with van der Waals surface area (Å²) in [5.74, 6) is -2.43. The van der Waals surface area contributed by atoms with Crippen LogP contribution in [-0.4, -0.2) is 30.6 Å². The monoisotopic (exact) mass is 523 g/mol. The molecule has 0 saturated carbocycles. The zero-order valence-electron chi connectivity index (χ0n) is 18.0. The number of nitrogens with zero attached hydrogens (tertiary/aromatic N) is 1. The van der Waals surface area contributed by atoms with E-state index >= 15 is 0 Å². The standard InChI is InChI=1S/C23H17ClF3N3O4S/c1-34-22(33)13-4-2-12(3-5-13)15-9-19(31)30-21(16(15)10-28)35-11-20(32)29-14-6-7-18(24)17(8-14)23(25,26)27/h2-8,15H,9,11H2,1H3,(H,29,32)(H,30,31)/t15-/m1/s1. The van der Waals surface area contributed by atoms with Crippen molar-refractivity contribution in [3.05, 3.63) is 74.8 Å². The molecule has 1 atom stereocenters. The average molecular weight is 524 g/mol. The van der Waals surface area contributed by atoms with Crippen LogP contribution in [0.4, 0.5) is 18.9 Å². The first kappa shape index (κ1) is 26.1. The fourth-order valence-electron chi connectivity index (χ4n) is 3.34. The van der Waals surface area contributed by atoms with Gasteiger partial charge in [0.25, 0.3) is 0 Å². The minimum atomic E-state index is -4.68. The van der Waals surface area contributed by atoms with Gasteiger partial charge in [0.2, 0.25) is 11.8 Å². The normalized spacial score (nSPS) is 15.8. The summed E-state index contributed by atoms with van der Waals surface area (Å²) in [6.07, 6.45) is -4.70. The summed E-state index contributed by atoms with van der Waals surface area (Å²) in [5.41, 5.74) is -0.0366. The van der Waals surface area contributed by atoms with E-state index in [1.807, 2.05) is 0 Å². The van der Waals surface area contributed by atoms with Gasteiger partial charge in [0.15, 0.2) is 0 Å². The molecule has 7 nitrogen and oxygen atoms in total. The van der Waals surface area contributed by atoms with Gasteiger partial charge in [-0.05, 0) is 35.9 Å². The maximum absolute atomic E-state index is 13.0. The highest BCUT2D eigenvalue weighted by Gasteiger charge is 2.34. The van der Waals surface area contributed by atoms with Gasteiger partial charge in [-0.1, -0.05) is 35.5 Å². The molecule has 12 heteroatoms. The van der Waals surface area contributed by atoms with Crippen LogP contribution in [-0.2, 0) is 20.5 Å². The fraction of sp³-hybridized carbons (Fsp3) is 0.217. The van der Waals surface area contributed by atoms with Gasteiger partial charge in [-0.25, -0.2) is 4.79 Å². The Morgan fingerprint density at radius 2 is 1.94 bits per heavy atom. The third-order valence-corrected chi connectivity index (χ3v) is 6.34. The van der Waals surface area contributed by atoms with Crippen LogP contribution in [0.1, 0.15) is 33.8 Å². The van der Waals surface area contributed by atoms with E-state index in [1.54, 1.807) is 12.1 Å². The van der Waals surface area contributed by atoms with Gasteiger partial charge in [-0.2, -0.15) is 18.4 Å². The molecule has 1 aliphatic heterocycles. The van der Waals surface area contributed by atoms with E-state index in [0.29, 0.717) is 11.1 Å². The van der Waals surface area contributed by atoms with Gasteiger partial charge in [0.1, 0.15) is 0 Å². The number of nitrogens with one attached hydrogen (secondary N) is 2. The lowest BCUT2D eigenvalue weighted by Crippen LogP contribution is -2.31. The largest absolute Gasteiger partial charge is 0.465 e. The summed E-state index contributed by atoms with van der Waals surface area (Å²) in [5, 5.41) is 14.3. The number of ether oxygens (including phenoxy) is 1. The Labute approximate surface area is 207 Å². The Morgan fingerprint density at radius 1 is 1.26 bits per heavy atom. The first-order valence-corrected chi connectivity index (χ1v) is 11.3. The van der Waals surface area contributed by atoms with E-state index in [4.69, 9.17) is 11.6 Å². The Morgan fingerprint density at radius 3 is 2.54 bits per heavy atom. The Bertz CT molecular complexity index is 1240. The second-order valence-electron chi connectivity index (χ2n) is 7.30. The molecule has 182 valence electrons. The maximum atomic E-state index is 13.0. The van der Waals surface area contributed by atoms with Crippen molar-refractivity contribution in [2.45, 2.75) is 18.5 Å². The van der Waals surface area contributed by atoms with E-state index < -0.39 is 34.6 Å². The van der Waals surface area contributed by atoms with Crippen LogP contribution in [0.25, 0.3) is 0 Å². The van der Waals surface area contributed by atoms with Crippen LogP contribution in [0.2, 0.25) is 5.02 Å². The van der Waals surface area contributed by atoms with E-state index in [0.717, 1.165) is 23.9 Å². The number of hydrogen-bond acceptors (Lipinski definition) is 6. The molecule has 35 heavy (non-hydrogen) atoms. The number of nitriles is 1. The summed E-state index contributed by atoms with van der Waals surface area (Å²) in [6, 6.07) is 11.3. The van der Waals surface area contributed by atoms with Crippen molar-refractivity contribution in [1.82, 2.24) is 5.32 Å². The minimum Gasteiger partial charge on any atom is -0.465 e. The third-order valence-electron chi connectivity index (χ3n) is 4.99. The molecule has 0 spiro atoms. The Balaban J connectivity index is 1.75. The number of alkyl halides is 3. The summed E-state index contributed by atoms with van der Waals surface area (Å²) in [6.45, 7) is 0. The predicted molar refractivity (Wildman–Crippen MR) is 123 cm³/mol. The topological polar surface area (TPSA) is 108 Å².